The van der Waals surface area contributed by atoms with Crippen molar-refractivity contribution < 1.29 is 0 Å². The minimum absolute atomic E-state index is 0.196. The summed E-state index contributed by atoms with van der Waals surface area (Å²) in [5.74, 6) is 0.941. The minimum Gasteiger partial charge on any atom is -0.143 e. The largest absolute Gasteiger partial charge is 0.143 e. The van der Waals surface area contributed by atoms with Crippen LogP contribution >= 0.6 is 22.9 Å². The molecule has 0 amide bonds. The van der Waals surface area contributed by atoms with Crippen molar-refractivity contribution in [1.29, 1.82) is 0 Å². The fraction of sp³-hybridized carbons (Fsp3) is 0.500. The minimum atomic E-state index is 0.196. The second kappa shape index (κ2) is 5.63. The Balaban J connectivity index is 1.69. The zero-order valence-corrected chi connectivity index (χ0v) is 12.1. The maximum absolute atomic E-state index is 6.61. The standard InChI is InChI=1S/C16H19ClS/c17-15(10-9-12-5-1-2-6-12)14-11-18-16-8-4-3-7-13(14)16/h3-4,7-8,11-12,15H,1-2,5-6,9-10H2. The van der Waals surface area contributed by atoms with Gasteiger partial charge in [-0.25, -0.2) is 0 Å². The lowest BCUT2D eigenvalue weighted by Crippen LogP contribution is -1.97. The maximum Gasteiger partial charge on any atom is 0.0599 e. The first-order valence-electron chi connectivity index (χ1n) is 6.95. The summed E-state index contributed by atoms with van der Waals surface area (Å²) in [7, 11) is 0. The molecule has 1 aromatic carbocycles. The van der Waals surface area contributed by atoms with Gasteiger partial charge >= 0.3 is 0 Å². The van der Waals surface area contributed by atoms with Gasteiger partial charge in [0.2, 0.25) is 0 Å². The Hall–Kier alpha value is -0.530. The normalized spacial score (nSPS) is 18.5. The van der Waals surface area contributed by atoms with E-state index in [1.165, 1.54) is 47.8 Å². The highest BCUT2D eigenvalue weighted by molar-refractivity contribution is 7.17. The summed E-state index contributed by atoms with van der Waals surface area (Å²) in [5, 5.41) is 3.80. The van der Waals surface area contributed by atoms with Crippen molar-refractivity contribution in [3.63, 3.8) is 0 Å². The van der Waals surface area contributed by atoms with Crippen molar-refractivity contribution in [2.45, 2.75) is 43.9 Å². The summed E-state index contributed by atoms with van der Waals surface area (Å²) >= 11 is 8.43. The summed E-state index contributed by atoms with van der Waals surface area (Å²) in [6, 6.07) is 8.60. The van der Waals surface area contributed by atoms with Gasteiger partial charge in [-0.1, -0.05) is 43.9 Å². The number of benzene rings is 1. The van der Waals surface area contributed by atoms with Crippen LogP contribution in [0.1, 0.15) is 49.5 Å². The van der Waals surface area contributed by atoms with Gasteiger partial charge < -0.3 is 0 Å². The van der Waals surface area contributed by atoms with Crippen LogP contribution in [0, 0.1) is 5.92 Å². The molecule has 1 unspecified atom stereocenters. The molecule has 1 saturated carbocycles. The van der Waals surface area contributed by atoms with Gasteiger partial charge in [0.15, 0.2) is 0 Å². The van der Waals surface area contributed by atoms with E-state index in [2.05, 4.69) is 29.6 Å². The van der Waals surface area contributed by atoms with Crippen molar-refractivity contribution in [2.75, 3.05) is 0 Å². The molecule has 1 aliphatic rings. The molecule has 0 bridgehead atoms. The zero-order valence-electron chi connectivity index (χ0n) is 10.6. The van der Waals surface area contributed by atoms with Crippen molar-refractivity contribution in [2.24, 2.45) is 5.92 Å². The van der Waals surface area contributed by atoms with Gasteiger partial charge in [0, 0.05) is 4.70 Å². The monoisotopic (exact) mass is 278 g/mol. The quantitative estimate of drug-likeness (QED) is 0.588. The molecular formula is C16H19ClS. The van der Waals surface area contributed by atoms with Crippen molar-refractivity contribution >= 4 is 33.0 Å². The van der Waals surface area contributed by atoms with Gasteiger partial charge in [-0.15, -0.1) is 22.9 Å². The van der Waals surface area contributed by atoms with E-state index in [1.54, 1.807) is 0 Å². The van der Waals surface area contributed by atoms with Gasteiger partial charge in [0.05, 0.1) is 5.38 Å². The number of fused-ring (bicyclic) bond motifs is 1. The molecule has 1 atom stereocenters. The fourth-order valence-electron chi connectivity index (χ4n) is 3.08. The number of alkyl halides is 1. The molecule has 1 aromatic heterocycles. The molecule has 0 saturated heterocycles. The molecule has 0 radical (unpaired) electrons. The highest BCUT2D eigenvalue weighted by Gasteiger charge is 2.18. The van der Waals surface area contributed by atoms with Crippen LogP contribution < -0.4 is 0 Å². The lowest BCUT2D eigenvalue weighted by Gasteiger charge is -2.12. The molecule has 1 heterocycles. The van der Waals surface area contributed by atoms with Gasteiger partial charge in [0.25, 0.3) is 0 Å². The summed E-state index contributed by atoms with van der Waals surface area (Å²) in [6.45, 7) is 0. The van der Waals surface area contributed by atoms with Crippen LogP contribution in [0.15, 0.2) is 29.6 Å². The van der Waals surface area contributed by atoms with E-state index >= 15 is 0 Å². The van der Waals surface area contributed by atoms with E-state index in [0.717, 1.165) is 12.3 Å². The molecule has 2 aromatic rings. The first-order chi connectivity index (χ1) is 8.84. The molecule has 18 heavy (non-hydrogen) atoms. The van der Waals surface area contributed by atoms with E-state index in [-0.39, 0.29) is 5.38 Å². The second-order valence-corrected chi connectivity index (χ2v) is 6.82. The molecule has 3 rings (SSSR count). The Bertz CT molecular complexity index is 511. The van der Waals surface area contributed by atoms with Crippen LogP contribution in [-0.2, 0) is 0 Å². The third-order valence-corrected chi connectivity index (χ3v) is 5.59. The fourth-order valence-corrected chi connectivity index (χ4v) is 4.47. The van der Waals surface area contributed by atoms with Gasteiger partial charge in [0.1, 0.15) is 0 Å². The molecule has 2 heteroatoms. The zero-order chi connectivity index (χ0) is 12.4. The molecule has 1 aliphatic carbocycles. The SMILES string of the molecule is ClC(CCC1CCCC1)c1csc2ccccc12. The van der Waals surface area contributed by atoms with Crippen molar-refractivity contribution in [3.05, 3.63) is 35.2 Å². The maximum atomic E-state index is 6.61. The highest BCUT2D eigenvalue weighted by atomic mass is 35.5. The lowest BCUT2D eigenvalue weighted by atomic mass is 9.98. The average Bonchev–Trinajstić information content (AvgIpc) is 3.05. The summed E-state index contributed by atoms with van der Waals surface area (Å²) in [4.78, 5) is 0. The predicted octanol–water partition coefficient (Wildman–Crippen LogP) is 6.15. The van der Waals surface area contributed by atoms with Gasteiger partial charge in [-0.2, -0.15) is 0 Å². The van der Waals surface area contributed by atoms with E-state index in [1.807, 2.05) is 11.3 Å². The first-order valence-corrected chi connectivity index (χ1v) is 8.26. The van der Waals surface area contributed by atoms with Crippen molar-refractivity contribution in [3.8, 4) is 0 Å². The Morgan fingerprint density at radius 3 is 2.83 bits per heavy atom. The summed E-state index contributed by atoms with van der Waals surface area (Å²) in [6.07, 6.45) is 8.14. The molecular weight excluding hydrogens is 260 g/mol. The number of hydrogen-bond acceptors (Lipinski definition) is 1. The lowest BCUT2D eigenvalue weighted by molar-refractivity contribution is 0.480. The van der Waals surface area contributed by atoms with Gasteiger partial charge in [-0.3, -0.25) is 0 Å². The molecule has 0 nitrogen and oxygen atoms in total. The van der Waals surface area contributed by atoms with Crippen LogP contribution in [0.5, 0.6) is 0 Å². The van der Waals surface area contributed by atoms with Crippen LogP contribution in [0.4, 0.5) is 0 Å². The summed E-state index contributed by atoms with van der Waals surface area (Å²) < 4.78 is 1.36. The average molecular weight is 279 g/mol. The molecule has 0 N–H and O–H groups in total. The molecule has 0 aliphatic heterocycles. The van der Waals surface area contributed by atoms with Gasteiger partial charge in [-0.05, 0) is 41.2 Å². The Morgan fingerprint density at radius 2 is 2.00 bits per heavy atom. The van der Waals surface area contributed by atoms with Crippen LogP contribution in [0.25, 0.3) is 10.1 Å². The van der Waals surface area contributed by atoms with E-state index in [9.17, 15) is 0 Å². The van der Waals surface area contributed by atoms with E-state index in [0.29, 0.717) is 0 Å². The number of halogens is 1. The molecule has 0 spiro atoms. The number of rotatable bonds is 4. The Kier molecular flexibility index (Phi) is 3.91. The second-order valence-electron chi connectivity index (χ2n) is 5.38. The first kappa shape index (κ1) is 12.5. The Morgan fingerprint density at radius 1 is 1.22 bits per heavy atom. The van der Waals surface area contributed by atoms with Crippen LogP contribution in [0.2, 0.25) is 0 Å². The molecule has 96 valence electrons. The topological polar surface area (TPSA) is 0 Å². The third-order valence-electron chi connectivity index (χ3n) is 4.15. The highest BCUT2D eigenvalue weighted by Crippen LogP contribution is 2.38. The van der Waals surface area contributed by atoms with E-state index in [4.69, 9.17) is 11.6 Å². The smallest absolute Gasteiger partial charge is 0.0599 e. The number of hydrogen-bond donors (Lipinski definition) is 0. The predicted molar refractivity (Wildman–Crippen MR) is 81.6 cm³/mol. The number of thiophene rings is 1. The van der Waals surface area contributed by atoms with Crippen LogP contribution in [-0.4, -0.2) is 0 Å². The third kappa shape index (κ3) is 2.57. The van der Waals surface area contributed by atoms with Crippen molar-refractivity contribution in [1.82, 2.24) is 0 Å². The van der Waals surface area contributed by atoms with Crippen LogP contribution in [0.3, 0.4) is 0 Å². The molecule has 1 fully saturated rings. The van der Waals surface area contributed by atoms with E-state index < -0.39 is 0 Å². The summed E-state index contributed by atoms with van der Waals surface area (Å²) in [5.41, 5.74) is 1.34. The Labute approximate surface area is 118 Å².